The van der Waals surface area contributed by atoms with E-state index in [-0.39, 0.29) is 28.2 Å². The van der Waals surface area contributed by atoms with Gasteiger partial charge >= 0.3 is 13.8 Å². The van der Waals surface area contributed by atoms with E-state index in [4.69, 9.17) is 42.2 Å². The second kappa shape index (κ2) is 7.23. The summed E-state index contributed by atoms with van der Waals surface area (Å²) in [6.07, 6.45) is -1.05. The number of hydrogen-bond acceptors (Lipinski definition) is 5. The van der Waals surface area contributed by atoms with Gasteiger partial charge in [-0.3, -0.25) is 0 Å². The zero-order chi connectivity index (χ0) is 23.2. The summed E-state index contributed by atoms with van der Waals surface area (Å²) in [6, 6.07) is 4.13. The molecule has 1 aromatic carbocycles. The molecule has 1 aromatic rings. The quantitative estimate of drug-likeness (QED) is 0.303. The van der Waals surface area contributed by atoms with Gasteiger partial charge in [-0.05, 0) is 62.0 Å². The van der Waals surface area contributed by atoms with Crippen molar-refractivity contribution in [3.63, 3.8) is 0 Å². The average Bonchev–Trinajstić information content (AvgIpc) is 2.60. The first-order valence-electron chi connectivity index (χ1n) is 10.3. The van der Waals surface area contributed by atoms with Crippen LogP contribution < -0.4 is 4.52 Å². The monoisotopic (exact) mass is 516 g/mol. The lowest BCUT2D eigenvalue weighted by molar-refractivity contribution is -0.650. The Bertz CT molecular complexity index is 969. The molecular weight excluding hydrogens is 495 g/mol. The van der Waals surface area contributed by atoms with Crippen LogP contribution >= 0.6 is 30.8 Å². The van der Waals surface area contributed by atoms with Crippen molar-refractivity contribution in [3.8, 4) is 5.75 Å². The van der Waals surface area contributed by atoms with Crippen LogP contribution in [0.5, 0.6) is 5.75 Å². The van der Waals surface area contributed by atoms with E-state index in [0.29, 0.717) is 18.8 Å². The third kappa shape index (κ3) is 3.60. The molecule has 12 heteroatoms. The summed E-state index contributed by atoms with van der Waals surface area (Å²) in [7, 11) is -3.98. The lowest BCUT2D eigenvalue weighted by atomic mass is 9.46. The predicted octanol–water partition coefficient (Wildman–Crippen LogP) is 5.78. The van der Waals surface area contributed by atoms with E-state index in [1.165, 1.54) is 18.2 Å². The van der Waals surface area contributed by atoms with Crippen LogP contribution in [0.15, 0.2) is 18.2 Å². The summed E-state index contributed by atoms with van der Waals surface area (Å²) in [5.74, 6) is -1.99. The third-order valence-corrected chi connectivity index (χ3v) is 8.47. The number of ether oxygens (including phenoxy) is 1. The number of hydrogen-bond donors (Lipinski definition) is 1. The fourth-order valence-electron chi connectivity index (χ4n) is 6.40. The first kappa shape index (κ1) is 23.2. The summed E-state index contributed by atoms with van der Waals surface area (Å²) in [5, 5.41) is 0.0231. The van der Waals surface area contributed by atoms with Gasteiger partial charge in [0.2, 0.25) is 0 Å². The fourth-order valence-corrected chi connectivity index (χ4v) is 7.71. The van der Waals surface area contributed by atoms with Gasteiger partial charge in [0.05, 0.1) is 5.02 Å². The van der Waals surface area contributed by atoms with Crippen LogP contribution in [-0.2, 0) is 24.9 Å². The maximum atomic E-state index is 13.2. The van der Waals surface area contributed by atoms with Crippen molar-refractivity contribution in [1.29, 1.82) is 0 Å². The predicted molar refractivity (Wildman–Crippen MR) is 109 cm³/mol. The number of alkyl halides is 4. The molecule has 1 spiro atoms. The van der Waals surface area contributed by atoms with Crippen LogP contribution in [0.25, 0.3) is 0 Å². The second-order valence-corrected chi connectivity index (χ2v) is 12.5. The fraction of sp³-hybridized carbons (Fsp3) is 0.700. The lowest BCUT2D eigenvalue weighted by Gasteiger charge is -2.70. The molecule has 32 heavy (non-hydrogen) atoms. The van der Waals surface area contributed by atoms with E-state index in [1.54, 1.807) is 0 Å². The standard InChI is InChI=1S/C20H22Cl2F3O6P/c1-32(26,27)29-16-6-12(2-3-15(16)21)20(28-10-18(23,24)25)19(30-31-20)13-4-11-5-14(19)9-17(22,7-11)8-13/h2-3,6,11,13-14H,4-5,7-10H2,1H3,(H,26,27). The minimum atomic E-state index is -4.61. The van der Waals surface area contributed by atoms with Crippen molar-refractivity contribution >= 4 is 30.8 Å². The molecule has 4 saturated carbocycles. The van der Waals surface area contributed by atoms with Crippen LogP contribution in [0.2, 0.25) is 5.02 Å². The van der Waals surface area contributed by atoms with Crippen molar-refractivity contribution in [2.45, 2.75) is 54.5 Å². The molecule has 1 N–H and O–H groups in total. The van der Waals surface area contributed by atoms with Crippen LogP contribution in [0.1, 0.15) is 37.7 Å². The van der Waals surface area contributed by atoms with Gasteiger partial charge in [0.1, 0.15) is 12.4 Å². The van der Waals surface area contributed by atoms with Gasteiger partial charge in [0.25, 0.3) is 5.79 Å². The Balaban J connectivity index is 1.60. The largest absolute Gasteiger partial charge is 0.423 e. The van der Waals surface area contributed by atoms with Crippen molar-refractivity contribution < 1.29 is 41.7 Å². The smallest absolute Gasteiger partial charge is 0.411 e. The normalized spacial score (nSPS) is 42.0. The highest BCUT2D eigenvalue weighted by atomic mass is 35.5. The SMILES string of the molecule is CP(=O)(O)Oc1cc(C2(OCC(F)(F)F)OOC23C2CC4CC3CC(Cl)(C4)C2)ccc1Cl. The van der Waals surface area contributed by atoms with Crippen molar-refractivity contribution in [1.82, 2.24) is 0 Å². The second-order valence-electron chi connectivity index (χ2n) is 9.51. The first-order valence-corrected chi connectivity index (χ1v) is 13.1. The highest BCUT2D eigenvalue weighted by molar-refractivity contribution is 7.52. The molecule has 0 aromatic heterocycles. The summed E-state index contributed by atoms with van der Waals surface area (Å²) >= 11 is 12.9. The molecular formula is C20H22Cl2F3O6P. The van der Waals surface area contributed by atoms with E-state index in [2.05, 4.69) is 0 Å². The Morgan fingerprint density at radius 3 is 2.38 bits per heavy atom. The Morgan fingerprint density at radius 2 is 1.88 bits per heavy atom. The van der Waals surface area contributed by atoms with Crippen LogP contribution in [-0.4, -0.2) is 34.8 Å². The maximum Gasteiger partial charge on any atom is 0.411 e. The molecule has 4 unspecified atom stereocenters. The van der Waals surface area contributed by atoms with Gasteiger partial charge < -0.3 is 14.2 Å². The summed E-state index contributed by atoms with van der Waals surface area (Å²) in [6.45, 7) is -0.577. The van der Waals surface area contributed by atoms with Gasteiger partial charge in [-0.2, -0.15) is 18.1 Å². The van der Waals surface area contributed by atoms with E-state index >= 15 is 0 Å². The van der Waals surface area contributed by atoms with Gasteiger partial charge in [0.15, 0.2) is 5.60 Å². The summed E-state index contributed by atoms with van der Waals surface area (Å²) in [4.78, 5) is 20.4. The molecule has 178 valence electrons. The van der Waals surface area contributed by atoms with Gasteiger partial charge in [-0.1, -0.05) is 17.7 Å². The highest BCUT2D eigenvalue weighted by Crippen LogP contribution is 2.71. The number of rotatable bonds is 5. The minimum absolute atomic E-state index is 0.0231. The zero-order valence-electron chi connectivity index (χ0n) is 17.0. The van der Waals surface area contributed by atoms with E-state index in [1.807, 2.05) is 0 Å². The molecule has 0 radical (unpaired) electrons. The van der Waals surface area contributed by atoms with Crippen molar-refractivity contribution in [2.75, 3.05) is 13.3 Å². The van der Waals surface area contributed by atoms with Crippen LogP contribution in [0.4, 0.5) is 13.2 Å². The minimum Gasteiger partial charge on any atom is -0.423 e. The molecule has 4 atom stereocenters. The van der Waals surface area contributed by atoms with Gasteiger partial charge in [-0.25, -0.2) is 9.45 Å². The van der Waals surface area contributed by atoms with Crippen LogP contribution in [0, 0.1) is 17.8 Å². The lowest BCUT2D eigenvalue weighted by Crippen LogP contribution is -2.78. The van der Waals surface area contributed by atoms with E-state index < -0.39 is 36.6 Å². The highest BCUT2D eigenvalue weighted by Gasteiger charge is 2.78. The Hall–Kier alpha value is -0.540. The Kier molecular flexibility index (Phi) is 5.25. The molecule has 5 fully saturated rings. The molecule has 1 saturated heterocycles. The molecule has 5 aliphatic rings. The zero-order valence-corrected chi connectivity index (χ0v) is 19.4. The average molecular weight is 517 g/mol. The van der Waals surface area contributed by atoms with Gasteiger partial charge in [0, 0.05) is 17.1 Å². The maximum absolute atomic E-state index is 13.2. The molecule has 0 amide bonds. The molecule has 4 aliphatic carbocycles. The summed E-state index contributed by atoms with van der Waals surface area (Å²) < 4.78 is 62.1. The van der Waals surface area contributed by atoms with Crippen molar-refractivity contribution in [3.05, 3.63) is 28.8 Å². The molecule has 6 nitrogen and oxygen atoms in total. The van der Waals surface area contributed by atoms with E-state index in [0.717, 1.165) is 25.9 Å². The molecule has 1 heterocycles. The summed E-state index contributed by atoms with van der Waals surface area (Å²) in [5.41, 5.74) is -0.981. The third-order valence-electron chi connectivity index (χ3n) is 7.16. The topological polar surface area (TPSA) is 74.2 Å². The molecule has 1 aliphatic heterocycles. The Labute approximate surface area is 192 Å². The van der Waals surface area contributed by atoms with Crippen molar-refractivity contribution in [2.24, 2.45) is 17.8 Å². The molecule has 4 bridgehead atoms. The first-order chi connectivity index (χ1) is 14.8. The Morgan fingerprint density at radius 1 is 1.22 bits per heavy atom. The van der Waals surface area contributed by atoms with Crippen LogP contribution in [0.3, 0.4) is 0 Å². The number of halogens is 5. The van der Waals surface area contributed by atoms with Gasteiger partial charge in [-0.15, -0.1) is 11.6 Å². The van der Waals surface area contributed by atoms with E-state index in [9.17, 15) is 22.6 Å². The molecule has 6 rings (SSSR count). The number of benzene rings is 1.